The number of nitrogens with zero attached hydrogens (tertiary/aromatic N) is 1. The summed E-state index contributed by atoms with van der Waals surface area (Å²) in [4.78, 5) is 1.79. The predicted molar refractivity (Wildman–Crippen MR) is 93.4 cm³/mol. The van der Waals surface area contributed by atoms with E-state index in [-0.39, 0.29) is 6.10 Å². The van der Waals surface area contributed by atoms with Crippen molar-refractivity contribution in [2.45, 2.75) is 26.4 Å². The molecule has 0 saturated carbocycles. The standard InChI is InChI=1S/C14H16BrN3OS2/c1-8(2)19-13-12(17)10(7-16)21-14(13)18-6-5-9-3-4-11(15)20-9/h3-4,8,18H,5-6,17H2,1-2H3. The van der Waals surface area contributed by atoms with Crippen molar-refractivity contribution in [2.75, 3.05) is 17.6 Å². The summed E-state index contributed by atoms with van der Waals surface area (Å²) in [5.41, 5.74) is 6.40. The summed E-state index contributed by atoms with van der Waals surface area (Å²) in [5, 5.41) is 13.2. The van der Waals surface area contributed by atoms with Gasteiger partial charge in [-0.3, -0.25) is 0 Å². The first-order valence-corrected chi connectivity index (χ1v) is 8.91. The van der Waals surface area contributed by atoms with Gasteiger partial charge in [0.05, 0.1) is 9.89 Å². The molecule has 0 aliphatic heterocycles. The van der Waals surface area contributed by atoms with E-state index in [4.69, 9.17) is 15.7 Å². The van der Waals surface area contributed by atoms with Gasteiger partial charge in [-0.05, 0) is 48.3 Å². The fourth-order valence-corrected chi connectivity index (χ4v) is 4.13. The van der Waals surface area contributed by atoms with Gasteiger partial charge in [0, 0.05) is 11.4 Å². The highest BCUT2D eigenvalue weighted by molar-refractivity contribution is 9.11. The third-order valence-corrected chi connectivity index (χ3v) is 5.37. The summed E-state index contributed by atoms with van der Waals surface area (Å²) in [6, 6.07) is 6.26. The molecule has 3 N–H and O–H groups in total. The zero-order valence-electron chi connectivity index (χ0n) is 11.8. The highest BCUT2D eigenvalue weighted by atomic mass is 79.9. The Morgan fingerprint density at radius 3 is 2.76 bits per heavy atom. The zero-order chi connectivity index (χ0) is 15.4. The molecular weight excluding hydrogens is 370 g/mol. The fourth-order valence-electron chi connectivity index (χ4n) is 1.77. The van der Waals surface area contributed by atoms with Gasteiger partial charge >= 0.3 is 0 Å². The number of hydrogen-bond acceptors (Lipinski definition) is 6. The molecule has 112 valence electrons. The molecule has 2 aromatic rings. The van der Waals surface area contributed by atoms with Crippen LogP contribution in [0, 0.1) is 11.3 Å². The third kappa shape index (κ3) is 4.13. The minimum atomic E-state index is 0.0160. The SMILES string of the molecule is CC(C)Oc1c(NCCc2ccc(Br)s2)sc(C#N)c1N. The molecule has 2 rings (SSSR count). The van der Waals surface area contributed by atoms with E-state index in [9.17, 15) is 0 Å². The fraction of sp³-hybridized carbons (Fsp3) is 0.357. The molecule has 0 aliphatic rings. The summed E-state index contributed by atoms with van der Waals surface area (Å²) < 4.78 is 6.87. The lowest BCUT2D eigenvalue weighted by Gasteiger charge is -2.12. The van der Waals surface area contributed by atoms with Gasteiger partial charge in [-0.2, -0.15) is 5.26 Å². The van der Waals surface area contributed by atoms with Gasteiger partial charge < -0.3 is 15.8 Å². The van der Waals surface area contributed by atoms with E-state index >= 15 is 0 Å². The molecule has 0 radical (unpaired) electrons. The van der Waals surface area contributed by atoms with Gasteiger partial charge in [0.1, 0.15) is 21.6 Å². The van der Waals surface area contributed by atoms with Crippen LogP contribution in [0.25, 0.3) is 0 Å². The summed E-state index contributed by atoms with van der Waals surface area (Å²) in [6.07, 6.45) is 0.930. The van der Waals surface area contributed by atoms with Crippen LogP contribution in [0.3, 0.4) is 0 Å². The van der Waals surface area contributed by atoms with Crippen LogP contribution in [0.1, 0.15) is 23.6 Å². The van der Waals surface area contributed by atoms with Gasteiger partial charge in [-0.15, -0.1) is 22.7 Å². The molecule has 0 fully saturated rings. The van der Waals surface area contributed by atoms with Crippen LogP contribution < -0.4 is 15.8 Å². The summed E-state index contributed by atoms with van der Waals surface area (Å²) in [6.45, 7) is 4.65. The first-order valence-electron chi connectivity index (χ1n) is 6.48. The van der Waals surface area contributed by atoms with Crippen LogP contribution in [0.15, 0.2) is 15.9 Å². The van der Waals surface area contributed by atoms with Crippen molar-refractivity contribution < 1.29 is 4.74 Å². The number of nitrogens with two attached hydrogens (primary N) is 1. The highest BCUT2D eigenvalue weighted by Gasteiger charge is 2.18. The lowest BCUT2D eigenvalue weighted by Crippen LogP contribution is -2.09. The average molecular weight is 386 g/mol. The van der Waals surface area contributed by atoms with Crippen molar-refractivity contribution in [3.63, 3.8) is 0 Å². The van der Waals surface area contributed by atoms with Gasteiger partial charge in [0.15, 0.2) is 5.75 Å². The van der Waals surface area contributed by atoms with E-state index in [0.717, 1.165) is 21.8 Å². The molecule has 0 atom stereocenters. The van der Waals surface area contributed by atoms with Gasteiger partial charge in [0.2, 0.25) is 0 Å². The van der Waals surface area contributed by atoms with E-state index in [1.807, 2.05) is 19.9 Å². The smallest absolute Gasteiger partial charge is 0.178 e. The number of nitrogen functional groups attached to an aromatic ring is 1. The lowest BCUT2D eigenvalue weighted by atomic mass is 10.3. The summed E-state index contributed by atoms with van der Waals surface area (Å²) in [7, 11) is 0. The molecule has 0 spiro atoms. The molecule has 21 heavy (non-hydrogen) atoms. The van der Waals surface area contributed by atoms with E-state index in [1.54, 1.807) is 11.3 Å². The Morgan fingerprint density at radius 2 is 2.19 bits per heavy atom. The van der Waals surface area contributed by atoms with Crippen molar-refractivity contribution in [2.24, 2.45) is 0 Å². The molecule has 0 aromatic carbocycles. The number of anilines is 2. The largest absolute Gasteiger partial charge is 0.486 e. The normalized spacial score (nSPS) is 10.6. The number of thiophene rings is 2. The summed E-state index contributed by atoms with van der Waals surface area (Å²) >= 11 is 6.52. The van der Waals surface area contributed by atoms with Crippen LogP contribution >= 0.6 is 38.6 Å². The van der Waals surface area contributed by atoms with Crippen LogP contribution in [0.4, 0.5) is 10.7 Å². The second kappa shape index (κ2) is 7.16. The Kier molecular flexibility index (Phi) is 5.51. The first kappa shape index (κ1) is 16.1. The zero-order valence-corrected chi connectivity index (χ0v) is 15.0. The Hall–Kier alpha value is -1.23. The number of rotatable bonds is 6. The monoisotopic (exact) mass is 385 g/mol. The molecular formula is C14H16BrN3OS2. The van der Waals surface area contributed by atoms with Crippen LogP contribution in [0.2, 0.25) is 0 Å². The van der Waals surface area contributed by atoms with E-state index < -0.39 is 0 Å². The molecule has 0 unspecified atom stereocenters. The minimum absolute atomic E-state index is 0.0160. The second-order valence-corrected chi connectivity index (χ2v) is 8.23. The number of hydrogen-bond donors (Lipinski definition) is 2. The second-order valence-electron chi connectivity index (χ2n) is 4.66. The minimum Gasteiger partial charge on any atom is -0.486 e. The van der Waals surface area contributed by atoms with E-state index in [0.29, 0.717) is 16.3 Å². The Labute approximate surface area is 140 Å². The maximum atomic E-state index is 9.09. The third-order valence-electron chi connectivity index (χ3n) is 2.64. The Bertz CT molecular complexity index is 658. The topological polar surface area (TPSA) is 71.1 Å². The Balaban J connectivity index is 2.06. The van der Waals surface area contributed by atoms with Gasteiger partial charge in [0.25, 0.3) is 0 Å². The van der Waals surface area contributed by atoms with Crippen molar-refractivity contribution in [1.82, 2.24) is 0 Å². The van der Waals surface area contributed by atoms with Crippen LogP contribution in [0.5, 0.6) is 5.75 Å². The van der Waals surface area contributed by atoms with E-state index in [1.165, 1.54) is 16.2 Å². The molecule has 4 nitrogen and oxygen atoms in total. The quantitative estimate of drug-likeness (QED) is 0.769. The molecule has 2 aromatic heterocycles. The van der Waals surface area contributed by atoms with Crippen molar-refractivity contribution in [1.29, 1.82) is 5.26 Å². The van der Waals surface area contributed by atoms with Crippen LogP contribution in [-0.2, 0) is 6.42 Å². The predicted octanol–water partition coefficient (Wildman–Crippen LogP) is 4.47. The van der Waals surface area contributed by atoms with Crippen molar-refractivity contribution in [3.05, 3.63) is 25.7 Å². The molecule has 0 bridgehead atoms. The first-order chi connectivity index (χ1) is 10.0. The highest BCUT2D eigenvalue weighted by Crippen LogP contribution is 2.42. The maximum Gasteiger partial charge on any atom is 0.178 e. The molecule has 0 aliphatic carbocycles. The van der Waals surface area contributed by atoms with Crippen molar-refractivity contribution in [3.8, 4) is 11.8 Å². The number of halogens is 1. The van der Waals surface area contributed by atoms with Crippen molar-refractivity contribution >= 4 is 49.3 Å². The molecule has 2 heterocycles. The Morgan fingerprint density at radius 1 is 1.43 bits per heavy atom. The summed E-state index contributed by atoms with van der Waals surface area (Å²) in [5.74, 6) is 0.596. The average Bonchev–Trinajstić information content (AvgIpc) is 2.96. The van der Waals surface area contributed by atoms with E-state index in [2.05, 4.69) is 33.4 Å². The van der Waals surface area contributed by atoms with Gasteiger partial charge in [-0.1, -0.05) is 0 Å². The molecule has 0 amide bonds. The van der Waals surface area contributed by atoms with Gasteiger partial charge in [-0.25, -0.2) is 0 Å². The molecule has 0 saturated heterocycles. The lowest BCUT2D eigenvalue weighted by molar-refractivity contribution is 0.246. The molecule has 7 heteroatoms. The number of nitriles is 1. The van der Waals surface area contributed by atoms with Crippen LogP contribution in [-0.4, -0.2) is 12.6 Å². The number of nitrogens with one attached hydrogen (secondary N) is 1. The number of ether oxygens (including phenoxy) is 1. The maximum absolute atomic E-state index is 9.09.